The van der Waals surface area contributed by atoms with Gasteiger partial charge in [-0.3, -0.25) is 9.78 Å². The zero-order chi connectivity index (χ0) is 26.5. The smallest absolute Gasteiger partial charge is 0.258 e. The molecular weight excluding hydrogens is 481 g/mol. The number of aromatic nitrogens is 2. The number of hydrogen-bond acceptors (Lipinski definition) is 6. The fourth-order valence-corrected chi connectivity index (χ4v) is 4.46. The van der Waals surface area contributed by atoms with E-state index in [9.17, 15) is 9.18 Å². The summed E-state index contributed by atoms with van der Waals surface area (Å²) in [6.45, 7) is 7.03. The number of ether oxygens (including phenoxy) is 1. The number of rotatable bonds is 7. The highest BCUT2D eigenvalue weighted by Crippen LogP contribution is 2.26. The lowest BCUT2D eigenvalue weighted by Crippen LogP contribution is -2.36. The standard InChI is InChI=1S/C30H30FN5O2/c1-20-9-10-27(31)26(15-20)30(37)34-24-7-3-5-22(16-24)21(2)33-29-19-32-18-28(35-29)23-6-4-8-25(17-23)36-11-13-38-14-12-36/h3-10,15-19,21H,11-14H2,1-2H3,(H,33,35)(H,34,37)/t21-/m0/s1. The molecule has 38 heavy (non-hydrogen) atoms. The highest BCUT2D eigenvalue weighted by atomic mass is 19.1. The number of nitrogens with one attached hydrogen (secondary N) is 2. The van der Waals surface area contributed by atoms with Crippen molar-refractivity contribution < 1.29 is 13.9 Å². The average molecular weight is 512 g/mol. The number of halogens is 1. The molecule has 1 aromatic heterocycles. The van der Waals surface area contributed by atoms with Crippen molar-refractivity contribution >= 4 is 23.1 Å². The first-order valence-corrected chi connectivity index (χ1v) is 12.7. The Hall–Kier alpha value is -4.30. The Bertz CT molecular complexity index is 1440. The minimum atomic E-state index is -0.548. The van der Waals surface area contributed by atoms with Gasteiger partial charge in [-0.05, 0) is 55.8 Å². The van der Waals surface area contributed by atoms with Crippen molar-refractivity contribution in [2.75, 3.05) is 41.8 Å². The van der Waals surface area contributed by atoms with E-state index in [0.29, 0.717) is 11.5 Å². The molecule has 2 N–H and O–H groups in total. The normalized spacial score (nSPS) is 14.1. The van der Waals surface area contributed by atoms with Gasteiger partial charge in [-0.1, -0.05) is 35.9 Å². The van der Waals surface area contributed by atoms with Crippen LogP contribution in [0.5, 0.6) is 0 Å². The van der Waals surface area contributed by atoms with E-state index < -0.39 is 11.7 Å². The molecule has 0 radical (unpaired) electrons. The minimum Gasteiger partial charge on any atom is -0.378 e. The Morgan fingerprint density at radius 2 is 1.84 bits per heavy atom. The third-order valence-corrected chi connectivity index (χ3v) is 6.53. The first kappa shape index (κ1) is 25.4. The van der Waals surface area contributed by atoms with Crippen molar-refractivity contribution in [1.29, 1.82) is 0 Å². The van der Waals surface area contributed by atoms with Gasteiger partial charge < -0.3 is 20.3 Å². The number of morpholine rings is 1. The molecule has 1 aliphatic rings. The van der Waals surface area contributed by atoms with Crippen LogP contribution in [-0.4, -0.2) is 42.2 Å². The highest BCUT2D eigenvalue weighted by molar-refractivity contribution is 6.04. The van der Waals surface area contributed by atoms with Crippen LogP contribution in [0.4, 0.5) is 21.6 Å². The summed E-state index contributed by atoms with van der Waals surface area (Å²) in [4.78, 5) is 24.2. The fraction of sp³-hybridized carbons (Fsp3) is 0.233. The summed E-state index contributed by atoms with van der Waals surface area (Å²) in [5.74, 6) is -0.391. The van der Waals surface area contributed by atoms with Crippen LogP contribution < -0.4 is 15.5 Å². The number of anilines is 3. The number of amides is 1. The molecule has 0 bridgehead atoms. The van der Waals surface area contributed by atoms with E-state index in [0.717, 1.165) is 54.4 Å². The Morgan fingerprint density at radius 1 is 1.03 bits per heavy atom. The molecule has 0 unspecified atom stereocenters. The van der Waals surface area contributed by atoms with Crippen LogP contribution in [0.1, 0.15) is 34.5 Å². The van der Waals surface area contributed by atoms with Crippen molar-refractivity contribution in [2.24, 2.45) is 0 Å². The summed E-state index contributed by atoms with van der Waals surface area (Å²) in [6, 6.07) is 20.1. The van der Waals surface area contributed by atoms with Crippen molar-refractivity contribution in [2.45, 2.75) is 19.9 Å². The van der Waals surface area contributed by atoms with Gasteiger partial charge >= 0.3 is 0 Å². The van der Waals surface area contributed by atoms with E-state index in [2.05, 4.69) is 32.7 Å². The Kier molecular flexibility index (Phi) is 7.60. The van der Waals surface area contributed by atoms with Gasteiger partial charge in [-0.2, -0.15) is 0 Å². The second-order valence-electron chi connectivity index (χ2n) is 9.37. The maximum atomic E-state index is 14.2. The number of benzene rings is 3. The highest BCUT2D eigenvalue weighted by Gasteiger charge is 2.15. The molecule has 0 saturated carbocycles. The number of carbonyl (C=O) groups excluding carboxylic acids is 1. The molecule has 7 nitrogen and oxygen atoms in total. The van der Waals surface area contributed by atoms with Crippen molar-refractivity contribution in [1.82, 2.24) is 9.97 Å². The van der Waals surface area contributed by atoms with Crippen LogP contribution in [0.3, 0.4) is 0 Å². The van der Waals surface area contributed by atoms with Crippen molar-refractivity contribution in [3.63, 3.8) is 0 Å². The predicted molar refractivity (Wildman–Crippen MR) is 148 cm³/mol. The first-order chi connectivity index (χ1) is 18.5. The molecule has 5 rings (SSSR count). The summed E-state index contributed by atoms with van der Waals surface area (Å²) in [7, 11) is 0. The lowest BCUT2D eigenvalue weighted by Gasteiger charge is -2.29. The van der Waals surface area contributed by atoms with E-state index >= 15 is 0 Å². The molecule has 2 heterocycles. The molecule has 0 aliphatic carbocycles. The van der Waals surface area contributed by atoms with Gasteiger partial charge in [0.1, 0.15) is 11.6 Å². The van der Waals surface area contributed by atoms with Gasteiger partial charge in [0.15, 0.2) is 0 Å². The molecule has 1 aliphatic heterocycles. The van der Waals surface area contributed by atoms with Crippen LogP contribution in [0.2, 0.25) is 0 Å². The van der Waals surface area contributed by atoms with E-state index in [-0.39, 0.29) is 11.6 Å². The van der Waals surface area contributed by atoms with Crippen LogP contribution in [0.25, 0.3) is 11.3 Å². The molecule has 4 aromatic rings. The van der Waals surface area contributed by atoms with Gasteiger partial charge in [0.2, 0.25) is 0 Å². The Morgan fingerprint density at radius 3 is 2.68 bits per heavy atom. The van der Waals surface area contributed by atoms with Gasteiger partial charge in [0.25, 0.3) is 5.91 Å². The zero-order valence-corrected chi connectivity index (χ0v) is 21.4. The van der Waals surface area contributed by atoms with E-state index in [1.54, 1.807) is 30.6 Å². The molecule has 1 saturated heterocycles. The molecular formula is C30H30FN5O2. The van der Waals surface area contributed by atoms with Crippen molar-refractivity contribution in [3.05, 3.63) is 102 Å². The maximum Gasteiger partial charge on any atom is 0.258 e. The fourth-order valence-electron chi connectivity index (χ4n) is 4.46. The SMILES string of the molecule is Cc1ccc(F)c(C(=O)Nc2cccc([C@H](C)Nc3cncc(-c4cccc(N5CCOCC5)c4)n3)c2)c1. The largest absolute Gasteiger partial charge is 0.378 e. The minimum absolute atomic E-state index is 0.0198. The third kappa shape index (κ3) is 5.98. The molecule has 1 atom stereocenters. The van der Waals surface area contributed by atoms with Gasteiger partial charge in [0, 0.05) is 30.0 Å². The molecule has 0 spiro atoms. The Balaban J connectivity index is 1.29. The number of hydrogen-bond donors (Lipinski definition) is 2. The van der Waals surface area contributed by atoms with E-state index in [1.807, 2.05) is 44.2 Å². The summed E-state index contributed by atoms with van der Waals surface area (Å²) in [6.07, 6.45) is 3.45. The molecule has 3 aromatic carbocycles. The van der Waals surface area contributed by atoms with Crippen LogP contribution in [-0.2, 0) is 4.74 Å². The number of nitrogens with zero attached hydrogens (tertiary/aromatic N) is 3. The van der Waals surface area contributed by atoms with Gasteiger partial charge in [0.05, 0.1) is 42.9 Å². The topological polar surface area (TPSA) is 79.4 Å². The summed E-state index contributed by atoms with van der Waals surface area (Å²) >= 11 is 0. The van der Waals surface area contributed by atoms with E-state index in [1.165, 1.54) is 6.07 Å². The Labute approximate surface area is 221 Å². The van der Waals surface area contributed by atoms with Gasteiger partial charge in [-0.15, -0.1) is 0 Å². The third-order valence-electron chi connectivity index (χ3n) is 6.53. The zero-order valence-electron chi connectivity index (χ0n) is 21.4. The summed E-state index contributed by atoms with van der Waals surface area (Å²) in [5, 5.41) is 6.20. The van der Waals surface area contributed by atoms with Crippen molar-refractivity contribution in [3.8, 4) is 11.3 Å². The molecule has 8 heteroatoms. The summed E-state index contributed by atoms with van der Waals surface area (Å²) < 4.78 is 19.6. The maximum absolute atomic E-state index is 14.2. The number of carbonyl (C=O) groups is 1. The molecule has 1 amide bonds. The average Bonchev–Trinajstić information content (AvgIpc) is 2.95. The first-order valence-electron chi connectivity index (χ1n) is 12.7. The number of aryl methyl sites for hydroxylation is 1. The molecule has 194 valence electrons. The quantitative estimate of drug-likeness (QED) is 0.324. The lowest BCUT2D eigenvalue weighted by atomic mass is 10.1. The summed E-state index contributed by atoms with van der Waals surface area (Å²) in [5.41, 5.74) is 5.27. The van der Waals surface area contributed by atoms with Crippen LogP contribution in [0, 0.1) is 12.7 Å². The van der Waals surface area contributed by atoms with Gasteiger partial charge in [-0.25, -0.2) is 9.37 Å². The lowest BCUT2D eigenvalue weighted by molar-refractivity contribution is 0.102. The molecule has 1 fully saturated rings. The second-order valence-corrected chi connectivity index (χ2v) is 9.37. The predicted octanol–water partition coefficient (Wildman–Crippen LogP) is 5.85. The monoisotopic (exact) mass is 511 g/mol. The van der Waals surface area contributed by atoms with Crippen LogP contribution in [0.15, 0.2) is 79.1 Å². The second kappa shape index (κ2) is 11.4. The van der Waals surface area contributed by atoms with E-state index in [4.69, 9.17) is 9.72 Å². The van der Waals surface area contributed by atoms with Crippen LogP contribution >= 0.6 is 0 Å².